The van der Waals surface area contributed by atoms with Crippen molar-refractivity contribution < 1.29 is 14.0 Å². The monoisotopic (exact) mass is 321 g/mol. The van der Waals surface area contributed by atoms with Crippen LogP contribution >= 0.6 is 0 Å². The molecule has 0 aliphatic carbocycles. The average molecular weight is 321 g/mol. The van der Waals surface area contributed by atoms with E-state index in [1.807, 2.05) is 25.7 Å². The third-order valence-electron chi connectivity index (χ3n) is 4.19. The number of amides is 2. The van der Waals surface area contributed by atoms with Crippen LogP contribution in [0.4, 0.5) is 0 Å². The normalized spacial score (nSPS) is 16.5. The summed E-state index contributed by atoms with van der Waals surface area (Å²) in [5.41, 5.74) is 0.0377. The summed E-state index contributed by atoms with van der Waals surface area (Å²) < 4.78 is 5.73. The average Bonchev–Trinajstić information content (AvgIpc) is 2.86. The highest BCUT2D eigenvalue weighted by Crippen LogP contribution is 2.30. The van der Waals surface area contributed by atoms with E-state index in [-0.39, 0.29) is 23.1 Å². The van der Waals surface area contributed by atoms with Gasteiger partial charge in [0, 0.05) is 38.5 Å². The summed E-state index contributed by atoms with van der Waals surface area (Å²) in [5, 5.41) is 0. The molecule has 0 unspecified atom stereocenters. The first-order chi connectivity index (χ1) is 10.6. The van der Waals surface area contributed by atoms with E-state index in [1.165, 1.54) is 4.90 Å². The molecule has 1 aliphatic rings. The van der Waals surface area contributed by atoms with Crippen molar-refractivity contribution in [2.75, 3.05) is 27.2 Å². The Morgan fingerprint density at radius 3 is 2.26 bits per heavy atom. The largest absolute Gasteiger partial charge is 0.445 e. The Labute approximate surface area is 137 Å². The minimum Gasteiger partial charge on any atom is -0.445 e. The van der Waals surface area contributed by atoms with Crippen molar-refractivity contribution in [3.63, 3.8) is 0 Å². The zero-order chi connectivity index (χ0) is 17.4. The SMILES string of the molecule is Cc1oc(C2CCN(C(=O)C(C)(C)C)CC2)nc1C(=O)N(C)C. The van der Waals surface area contributed by atoms with Crippen LogP contribution in [0.25, 0.3) is 0 Å². The first-order valence-electron chi connectivity index (χ1n) is 8.09. The summed E-state index contributed by atoms with van der Waals surface area (Å²) in [4.78, 5) is 32.2. The Morgan fingerprint density at radius 1 is 1.22 bits per heavy atom. The predicted octanol–water partition coefficient (Wildman–Crippen LogP) is 2.44. The fourth-order valence-corrected chi connectivity index (χ4v) is 2.81. The fraction of sp³-hybridized carbons (Fsp3) is 0.706. The van der Waals surface area contributed by atoms with Gasteiger partial charge in [0.2, 0.25) is 5.91 Å². The summed E-state index contributed by atoms with van der Waals surface area (Å²) in [6.07, 6.45) is 1.63. The number of nitrogens with zero attached hydrogens (tertiary/aromatic N) is 3. The van der Waals surface area contributed by atoms with Gasteiger partial charge in [0.05, 0.1) is 0 Å². The van der Waals surface area contributed by atoms with Gasteiger partial charge in [0.15, 0.2) is 11.6 Å². The summed E-state index contributed by atoms with van der Waals surface area (Å²) in [7, 11) is 3.40. The highest BCUT2D eigenvalue weighted by atomic mass is 16.4. The van der Waals surface area contributed by atoms with Crippen molar-refractivity contribution in [3.8, 4) is 0 Å². The number of oxazole rings is 1. The molecule has 6 nitrogen and oxygen atoms in total. The number of aryl methyl sites for hydroxylation is 1. The van der Waals surface area contributed by atoms with Crippen LogP contribution in [0.5, 0.6) is 0 Å². The molecule has 1 aromatic rings. The second-order valence-electron chi connectivity index (χ2n) is 7.47. The number of rotatable bonds is 2. The second-order valence-corrected chi connectivity index (χ2v) is 7.47. The van der Waals surface area contributed by atoms with Crippen LogP contribution in [0.1, 0.15) is 61.7 Å². The van der Waals surface area contributed by atoms with Crippen LogP contribution in [0, 0.1) is 12.3 Å². The van der Waals surface area contributed by atoms with E-state index >= 15 is 0 Å². The molecule has 2 rings (SSSR count). The first-order valence-corrected chi connectivity index (χ1v) is 8.09. The molecule has 2 heterocycles. The lowest BCUT2D eigenvalue weighted by atomic mass is 9.91. The van der Waals surface area contributed by atoms with Gasteiger partial charge in [0.1, 0.15) is 5.76 Å². The third-order valence-corrected chi connectivity index (χ3v) is 4.19. The number of likely N-dealkylation sites (tertiary alicyclic amines) is 1. The topological polar surface area (TPSA) is 66.7 Å². The molecule has 1 aromatic heterocycles. The molecule has 128 valence electrons. The minimum atomic E-state index is -0.350. The Kier molecular flexibility index (Phi) is 4.82. The molecule has 0 radical (unpaired) electrons. The summed E-state index contributed by atoms with van der Waals surface area (Å²) in [6, 6.07) is 0. The number of carbonyl (C=O) groups is 2. The van der Waals surface area contributed by atoms with Crippen molar-refractivity contribution in [1.82, 2.24) is 14.8 Å². The van der Waals surface area contributed by atoms with Crippen LogP contribution in [0.15, 0.2) is 4.42 Å². The smallest absolute Gasteiger partial charge is 0.275 e. The van der Waals surface area contributed by atoms with Crippen LogP contribution < -0.4 is 0 Å². The van der Waals surface area contributed by atoms with Crippen molar-refractivity contribution in [2.24, 2.45) is 5.41 Å². The maximum Gasteiger partial charge on any atom is 0.275 e. The zero-order valence-corrected chi connectivity index (χ0v) is 15.0. The highest BCUT2D eigenvalue weighted by Gasteiger charge is 2.32. The maximum atomic E-state index is 12.3. The number of hydrogen-bond acceptors (Lipinski definition) is 4. The molecule has 23 heavy (non-hydrogen) atoms. The van der Waals surface area contributed by atoms with Crippen LogP contribution in [0.3, 0.4) is 0 Å². The van der Waals surface area contributed by atoms with Crippen molar-refractivity contribution in [2.45, 2.75) is 46.5 Å². The maximum absolute atomic E-state index is 12.3. The molecular weight excluding hydrogens is 294 g/mol. The number of hydrogen-bond donors (Lipinski definition) is 0. The minimum absolute atomic E-state index is 0.141. The zero-order valence-electron chi connectivity index (χ0n) is 15.0. The Balaban J connectivity index is 2.05. The summed E-state index contributed by atoms with van der Waals surface area (Å²) >= 11 is 0. The first kappa shape index (κ1) is 17.5. The molecule has 2 amide bonds. The molecule has 0 aromatic carbocycles. The lowest BCUT2D eigenvalue weighted by Crippen LogP contribution is -2.43. The molecule has 0 bridgehead atoms. The van der Waals surface area contributed by atoms with Crippen molar-refractivity contribution in [3.05, 3.63) is 17.3 Å². The van der Waals surface area contributed by atoms with Crippen LogP contribution in [-0.2, 0) is 4.79 Å². The lowest BCUT2D eigenvalue weighted by Gasteiger charge is -2.34. The van der Waals surface area contributed by atoms with Gasteiger partial charge in [-0.15, -0.1) is 0 Å². The molecule has 0 saturated carbocycles. The quantitative estimate of drug-likeness (QED) is 0.839. The van der Waals surface area contributed by atoms with Gasteiger partial charge in [-0.2, -0.15) is 0 Å². The van der Waals surface area contributed by atoms with E-state index in [9.17, 15) is 9.59 Å². The molecule has 0 N–H and O–H groups in total. The number of piperidine rings is 1. The van der Waals surface area contributed by atoms with Crippen molar-refractivity contribution >= 4 is 11.8 Å². The molecule has 1 aliphatic heterocycles. The fourth-order valence-electron chi connectivity index (χ4n) is 2.81. The lowest BCUT2D eigenvalue weighted by molar-refractivity contribution is -0.140. The van der Waals surface area contributed by atoms with Gasteiger partial charge in [0.25, 0.3) is 5.91 Å². The Bertz CT molecular complexity index is 591. The standard InChI is InChI=1S/C17H27N3O3/c1-11-13(15(21)19(5)6)18-14(23-11)12-7-9-20(10-8-12)16(22)17(2,3)4/h12H,7-10H2,1-6H3. The Hall–Kier alpha value is -1.85. The van der Waals surface area contributed by atoms with Gasteiger partial charge in [-0.25, -0.2) is 4.98 Å². The van der Waals surface area contributed by atoms with E-state index in [0.717, 1.165) is 12.8 Å². The van der Waals surface area contributed by atoms with Crippen LogP contribution in [-0.4, -0.2) is 53.8 Å². The van der Waals surface area contributed by atoms with E-state index in [4.69, 9.17) is 4.42 Å². The molecular formula is C17H27N3O3. The van der Waals surface area contributed by atoms with Crippen molar-refractivity contribution in [1.29, 1.82) is 0 Å². The van der Waals surface area contributed by atoms with Gasteiger partial charge >= 0.3 is 0 Å². The molecule has 1 saturated heterocycles. The molecule has 6 heteroatoms. The van der Waals surface area contributed by atoms with Crippen LogP contribution in [0.2, 0.25) is 0 Å². The Morgan fingerprint density at radius 2 is 1.78 bits per heavy atom. The van der Waals surface area contributed by atoms with E-state index in [2.05, 4.69) is 4.98 Å². The highest BCUT2D eigenvalue weighted by molar-refractivity contribution is 5.92. The van der Waals surface area contributed by atoms with E-state index < -0.39 is 0 Å². The summed E-state index contributed by atoms with van der Waals surface area (Å²) in [6.45, 7) is 9.01. The molecule has 0 spiro atoms. The van der Waals surface area contributed by atoms with E-state index in [1.54, 1.807) is 21.0 Å². The number of carbonyl (C=O) groups excluding carboxylic acids is 2. The molecule has 0 atom stereocenters. The summed E-state index contributed by atoms with van der Waals surface area (Å²) in [5.74, 6) is 1.39. The third kappa shape index (κ3) is 3.74. The van der Waals surface area contributed by atoms with Gasteiger partial charge in [-0.05, 0) is 19.8 Å². The van der Waals surface area contributed by atoms with Gasteiger partial charge < -0.3 is 14.2 Å². The second kappa shape index (κ2) is 6.34. The predicted molar refractivity (Wildman–Crippen MR) is 87.3 cm³/mol. The van der Waals surface area contributed by atoms with E-state index in [0.29, 0.717) is 30.4 Å². The molecule has 1 fully saturated rings. The van der Waals surface area contributed by atoms with Gasteiger partial charge in [-0.1, -0.05) is 20.8 Å². The van der Waals surface area contributed by atoms with Gasteiger partial charge in [-0.3, -0.25) is 9.59 Å². The number of aromatic nitrogens is 1.